The molecular weight excluding hydrogens is 556 g/mol. The minimum atomic E-state index is -4.77. The standard InChI is InChI=1S/C27H33F6N5O3/c28-26(29,30)19-3-6-22(7-4-19)36-16-14-35(15-17-36)11-1-2-25(39)37-12-9-20(10-13-37)34-21-5-8-24(38(40)41)23(18-21)27(31,32)33/h3-8,18,20,34,40-41H,1-2,9-17H2. The molecule has 2 aliphatic rings. The number of carbonyl (C=O) groups is 1. The summed E-state index contributed by atoms with van der Waals surface area (Å²) in [5.74, 6) is 0.0292. The van der Waals surface area contributed by atoms with Crippen LogP contribution in [0.3, 0.4) is 0 Å². The van der Waals surface area contributed by atoms with Crippen LogP contribution in [0.2, 0.25) is 0 Å². The summed E-state index contributed by atoms with van der Waals surface area (Å²) < 4.78 is 78.3. The van der Waals surface area contributed by atoms with Gasteiger partial charge in [-0.25, -0.2) is 0 Å². The fourth-order valence-electron chi connectivity index (χ4n) is 5.24. The number of hydrogen-bond acceptors (Lipinski definition) is 7. The van der Waals surface area contributed by atoms with Gasteiger partial charge in [-0.3, -0.25) is 20.1 Å². The Balaban J connectivity index is 1.16. The molecule has 2 aliphatic heterocycles. The van der Waals surface area contributed by atoms with Crippen molar-refractivity contribution in [3.63, 3.8) is 0 Å². The second kappa shape index (κ2) is 12.7. The molecule has 2 heterocycles. The molecule has 0 aliphatic carbocycles. The highest BCUT2D eigenvalue weighted by Crippen LogP contribution is 2.38. The number of rotatable bonds is 8. The van der Waals surface area contributed by atoms with Crippen molar-refractivity contribution in [3.05, 3.63) is 53.6 Å². The molecule has 2 aromatic carbocycles. The molecule has 0 saturated carbocycles. The van der Waals surface area contributed by atoms with E-state index in [0.717, 1.165) is 49.6 Å². The lowest BCUT2D eigenvalue weighted by atomic mass is 10.0. The number of carbonyl (C=O) groups excluding carboxylic acids is 1. The number of nitrogens with one attached hydrogen (secondary N) is 1. The maximum atomic E-state index is 13.3. The fourth-order valence-corrected chi connectivity index (χ4v) is 5.24. The number of anilines is 3. The Hall–Kier alpha value is -3.23. The molecule has 41 heavy (non-hydrogen) atoms. The molecule has 1 amide bonds. The molecule has 2 fully saturated rings. The van der Waals surface area contributed by atoms with Gasteiger partial charge >= 0.3 is 12.4 Å². The first-order valence-electron chi connectivity index (χ1n) is 13.4. The summed E-state index contributed by atoms with van der Waals surface area (Å²) in [7, 11) is 0. The molecule has 0 spiro atoms. The molecule has 0 bridgehead atoms. The van der Waals surface area contributed by atoms with Crippen LogP contribution in [0.15, 0.2) is 42.5 Å². The lowest BCUT2D eigenvalue weighted by molar-refractivity contribution is -0.139. The van der Waals surface area contributed by atoms with Crippen LogP contribution in [0.5, 0.6) is 0 Å². The van der Waals surface area contributed by atoms with Crippen LogP contribution in [0.1, 0.15) is 36.8 Å². The van der Waals surface area contributed by atoms with E-state index in [1.54, 1.807) is 4.90 Å². The molecule has 0 aromatic heterocycles. The number of benzene rings is 2. The van der Waals surface area contributed by atoms with Gasteiger partial charge in [0.25, 0.3) is 0 Å². The number of amides is 1. The molecule has 0 radical (unpaired) electrons. The van der Waals surface area contributed by atoms with Crippen molar-refractivity contribution in [1.29, 1.82) is 0 Å². The Morgan fingerprint density at radius 1 is 0.878 bits per heavy atom. The van der Waals surface area contributed by atoms with Crippen LogP contribution in [0, 0.1) is 0 Å². The van der Waals surface area contributed by atoms with Gasteiger partial charge in [0.2, 0.25) is 5.91 Å². The molecule has 0 atom stereocenters. The Labute approximate surface area is 233 Å². The van der Waals surface area contributed by atoms with Gasteiger partial charge in [0.05, 0.1) is 11.1 Å². The summed E-state index contributed by atoms with van der Waals surface area (Å²) in [5.41, 5.74) is -1.67. The number of piperazine rings is 1. The van der Waals surface area contributed by atoms with Gasteiger partial charge in [0, 0.05) is 63.1 Å². The molecule has 226 valence electrons. The summed E-state index contributed by atoms with van der Waals surface area (Å²) in [4.78, 5) is 18.8. The average Bonchev–Trinajstić information content (AvgIpc) is 2.93. The van der Waals surface area contributed by atoms with Crippen molar-refractivity contribution >= 4 is 23.0 Å². The molecule has 2 saturated heterocycles. The van der Waals surface area contributed by atoms with Gasteiger partial charge in [-0.15, -0.1) is 5.23 Å². The van der Waals surface area contributed by atoms with Gasteiger partial charge in [0.1, 0.15) is 5.69 Å². The Bertz CT molecular complexity index is 1160. The van der Waals surface area contributed by atoms with Crippen LogP contribution in [0.25, 0.3) is 0 Å². The third kappa shape index (κ3) is 8.17. The molecule has 8 nitrogen and oxygen atoms in total. The summed E-state index contributed by atoms with van der Waals surface area (Å²) in [6.45, 7) is 4.56. The Morgan fingerprint density at radius 3 is 2.07 bits per heavy atom. The third-order valence-corrected chi connectivity index (χ3v) is 7.53. The highest BCUT2D eigenvalue weighted by atomic mass is 19.4. The number of halogens is 6. The van der Waals surface area contributed by atoms with Crippen LogP contribution in [-0.2, 0) is 17.1 Å². The second-order valence-corrected chi connectivity index (χ2v) is 10.3. The highest BCUT2D eigenvalue weighted by molar-refractivity contribution is 5.76. The number of nitrogens with zero attached hydrogens (tertiary/aromatic N) is 4. The van der Waals surface area contributed by atoms with E-state index < -0.39 is 34.4 Å². The molecule has 3 N–H and O–H groups in total. The predicted molar refractivity (Wildman–Crippen MR) is 140 cm³/mol. The largest absolute Gasteiger partial charge is 0.418 e. The Kier molecular flexibility index (Phi) is 9.55. The number of alkyl halides is 6. The maximum Gasteiger partial charge on any atom is 0.418 e. The number of likely N-dealkylation sites (tertiary alicyclic amines) is 1. The molecule has 14 heteroatoms. The summed E-state index contributed by atoms with van der Waals surface area (Å²) in [6, 6.07) is 8.18. The summed E-state index contributed by atoms with van der Waals surface area (Å²) in [5, 5.41) is 20.6. The SMILES string of the molecule is O=C(CCCN1CCN(c2ccc(C(F)(F)F)cc2)CC1)N1CCC(Nc2ccc(N(O)O)c(C(F)(F)F)c2)CC1. The van der Waals surface area contributed by atoms with Gasteiger partial charge in [-0.1, -0.05) is 0 Å². The first-order valence-corrected chi connectivity index (χ1v) is 13.4. The van der Waals surface area contributed by atoms with E-state index in [2.05, 4.69) is 10.2 Å². The van der Waals surface area contributed by atoms with E-state index in [1.165, 1.54) is 18.2 Å². The van der Waals surface area contributed by atoms with E-state index >= 15 is 0 Å². The maximum absolute atomic E-state index is 13.3. The van der Waals surface area contributed by atoms with E-state index in [4.69, 9.17) is 10.4 Å². The van der Waals surface area contributed by atoms with E-state index in [1.807, 2.05) is 4.90 Å². The van der Waals surface area contributed by atoms with Gasteiger partial charge in [0.15, 0.2) is 0 Å². The lowest BCUT2D eigenvalue weighted by Gasteiger charge is -2.36. The van der Waals surface area contributed by atoms with Crippen LogP contribution in [-0.4, -0.2) is 78.0 Å². The minimum Gasteiger partial charge on any atom is -0.382 e. The zero-order chi connectivity index (χ0) is 29.8. The van der Waals surface area contributed by atoms with Gasteiger partial charge in [-0.2, -0.15) is 26.3 Å². The highest BCUT2D eigenvalue weighted by Gasteiger charge is 2.36. The van der Waals surface area contributed by atoms with E-state index in [-0.39, 0.29) is 17.6 Å². The van der Waals surface area contributed by atoms with E-state index in [0.29, 0.717) is 51.9 Å². The summed E-state index contributed by atoms with van der Waals surface area (Å²) >= 11 is 0. The molecule has 4 rings (SSSR count). The van der Waals surface area contributed by atoms with Gasteiger partial charge < -0.3 is 15.1 Å². The quantitative estimate of drug-likeness (QED) is 0.284. The molecular formula is C27H33F6N5O3. The van der Waals surface area contributed by atoms with Crippen molar-refractivity contribution < 1.29 is 41.6 Å². The van der Waals surface area contributed by atoms with E-state index in [9.17, 15) is 31.1 Å². The minimum absolute atomic E-state index is 0.0292. The number of piperidine rings is 1. The smallest absolute Gasteiger partial charge is 0.382 e. The zero-order valence-electron chi connectivity index (χ0n) is 22.3. The van der Waals surface area contributed by atoms with Crippen molar-refractivity contribution in [2.75, 3.05) is 61.3 Å². The first kappa shape index (κ1) is 30.7. The lowest BCUT2D eigenvalue weighted by Crippen LogP contribution is -2.47. The monoisotopic (exact) mass is 589 g/mol. The second-order valence-electron chi connectivity index (χ2n) is 10.3. The topological polar surface area (TPSA) is 82.5 Å². The number of hydrogen-bond donors (Lipinski definition) is 3. The van der Waals surface area contributed by atoms with Crippen molar-refractivity contribution in [1.82, 2.24) is 9.80 Å². The molecule has 2 aromatic rings. The summed E-state index contributed by atoms with van der Waals surface area (Å²) in [6.07, 6.45) is -6.95. The average molecular weight is 590 g/mol. The first-order chi connectivity index (χ1) is 19.3. The van der Waals surface area contributed by atoms with Crippen LogP contribution in [0.4, 0.5) is 43.4 Å². The van der Waals surface area contributed by atoms with Crippen molar-refractivity contribution in [2.45, 2.75) is 44.1 Å². The fraction of sp³-hybridized carbons (Fsp3) is 0.519. The predicted octanol–water partition coefficient (Wildman–Crippen LogP) is 5.31. The van der Waals surface area contributed by atoms with Crippen molar-refractivity contribution in [3.8, 4) is 0 Å². The van der Waals surface area contributed by atoms with Crippen LogP contribution < -0.4 is 15.4 Å². The normalized spacial score (nSPS) is 17.6. The molecule has 0 unspecified atom stereocenters. The van der Waals surface area contributed by atoms with Gasteiger partial charge in [-0.05, 0) is 68.3 Å². The zero-order valence-corrected chi connectivity index (χ0v) is 22.3. The third-order valence-electron chi connectivity index (χ3n) is 7.53. The van der Waals surface area contributed by atoms with Crippen LogP contribution >= 0.6 is 0 Å². The van der Waals surface area contributed by atoms with Crippen molar-refractivity contribution in [2.24, 2.45) is 0 Å². The Morgan fingerprint density at radius 2 is 1.51 bits per heavy atom.